The highest BCUT2D eigenvalue weighted by Gasteiger charge is 2.21. The number of aliphatic hydroxyl groups excluding tert-OH is 2. The van der Waals surface area contributed by atoms with E-state index in [4.69, 9.17) is 16.9 Å². The van der Waals surface area contributed by atoms with E-state index in [0.29, 0.717) is 28.9 Å². The summed E-state index contributed by atoms with van der Waals surface area (Å²) < 4.78 is 1.86. The van der Waals surface area contributed by atoms with Gasteiger partial charge < -0.3 is 14.8 Å². The molecule has 0 atom stereocenters. The summed E-state index contributed by atoms with van der Waals surface area (Å²) >= 11 is 5.96. The molecule has 3 aromatic rings. The molecule has 0 aliphatic heterocycles. The first-order valence-electron chi connectivity index (χ1n) is 8.51. The minimum atomic E-state index is -0.298. The first-order valence-corrected chi connectivity index (χ1v) is 8.89. The Morgan fingerprint density at radius 3 is 2.39 bits per heavy atom. The Balaban J connectivity index is 2.13. The van der Waals surface area contributed by atoms with Gasteiger partial charge in [0.15, 0.2) is 0 Å². The zero-order chi connectivity index (χ0) is 20.3. The van der Waals surface area contributed by atoms with Crippen molar-refractivity contribution in [3.63, 3.8) is 0 Å². The molecule has 0 bridgehead atoms. The first kappa shape index (κ1) is 19.6. The molecule has 0 saturated heterocycles. The molecule has 28 heavy (non-hydrogen) atoms. The van der Waals surface area contributed by atoms with Crippen molar-refractivity contribution >= 4 is 11.6 Å². The van der Waals surface area contributed by atoms with E-state index in [0.717, 1.165) is 22.4 Å². The number of pyridine rings is 1. The quantitative estimate of drug-likeness (QED) is 0.648. The molecule has 7 heteroatoms. The summed E-state index contributed by atoms with van der Waals surface area (Å²) in [5.74, 6) is 0. The van der Waals surface area contributed by atoms with E-state index < -0.39 is 0 Å². The van der Waals surface area contributed by atoms with Gasteiger partial charge in [0.25, 0.3) is 0 Å². The van der Waals surface area contributed by atoms with Crippen LogP contribution in [0.1, 0.15) is 33.6 Å². The second-order valence-corrected chi connectivity index (χ2v) is 6.64. The molecule has 2 heterocycles. The lowest BCUT2D eigenvalue weighted by Crippen LogP contribution is -2.08. The molecule has 140 valence electrons. The highest BCUT2D eigenvalue weighted by atomic mass is 35.5. The van der Waals surface area contributed by atoms with Crippen LogP contribution in [0, 0.1) is 29.6 Å². The molecule has 0 saturated carbocycles. The van der Waals surface area contributed by atoms with Crippen molar-refractivity contribution in [2.75, 3.05) is 0 Å². The van der Waals surface area contributed by atoms with Crippen molar-refractivity contribution in [2.24, 2.45) is 0 Å². The topological polar surface area (TPSA) is 106 Å². The molecule has 0 unspecified atom stereocenters. The Kier molecular flexibility index (Phi) is 5.77. The van der Waals surface area contributed by atoms with Gasteiger partial charge in [0.2, 0.25) is 0 Å². The zero-order valence-corrected chi connectivity index (χ0v) is 15.9. The molecule has 1 aromatic carbocycles. The molecule has 0 fully saturated rings. The predicted molar refractivity (Wildman–Crippen MR) is 104 cm³/mol. The number of hydrogen-bond acceptors (Lipinski definition) is 5. The zero-order valence-electron chi connectivity index (χ0n) is 15.1. The van der Waals surface area contributed by atoms with Gasteiger partial charge in [0.1, 0.15) is 11.2 Å². The van der Waals surface area contributed by atoms with Crippen molar-refractivity contribution in [3.8, 4) is 23.3 Å². The minimum Gasteiger partial charge on any atom is -0.392 e. The molecule has 0 spiro atoms. The van der Waals surface area contributed by atoms with Gasteiger partial charge in [0, 0.05) is 29.6 Å². The Hall–Kier alpha value is -3.16. The van der Waals surface area contributed by atoms with Crippen LogP contribution in [0.4, 0.5) is 0 Å². The molecule has 0 aliphatic rings. The molecular formula is C21H17ClN4O2. The number of nitriles is 2. The Morgan fingerprint density at radius 2 is 1.82 bits per heavy atom. The molecule has 3 rings (SSSR count). The van der Waals surface area contributed by atoms with Crippen LogP contribution in [0.5, 0.6) is 0 Å². The summed E-state index contributed by atoms with van der Waals surface area (Å²) in [5.41, 5.74) is 5.07. The van der Waals surface area contributed by atoms with Gasteiger partial charge in [-0.2, -0.15) is 10.5 Å². The number of rotatable bonds is 5. The van der Waals surface area contributed by atoms with Gasteiger partial charge in [-0.1, -0.05) is 23.7 Å². The molecule has 0 radical (unpaired) electrons. The molecule has 0 amide bonds. The van der Waals surface area contributed by atoms with E-state index in [2.05, 4.69) is 17.1 Å². The van der Waals surface area contributed by atoms with Gasteiger partial charge in [-0.25, -0.2) is 4.98 Å². The van der Waals surface area contributed by atoms with Crippen molar-refractivity contribution < 1.29 is 10.2 Å². The molecule has 6 nitrogen and oxygen atoms in total. The van der Waals surface area contributed by atoms with Gasteiger partial charge in [0.05, 0.1) is 36.1 Å². The predicted octanol–water partition coefficient (Wildman–Crippen LogP) is 3.29. The second-order valence-electron chi connectivity index (χ2n) is 6.28. The van der Waals surface area contributed by atoms with Crippen LogP contribution in [0.15, 0.2) is 36.5 Å². The highest BCUT2D eigenvalue weighted by molar-refractivity contribution is 6.30. The van der Waals surface area contributed by atoms with Crippen LogP contribution in [0.2, 0.25) is 5.15 Å². The lowest BCUT2D eigenvalue weighted by atomic mass is 10.00. The van der Waals surface area contributed by atoms with Crippen LogP contribution in [-0.4, -0.2) is 19.8 Å². The summed E-state index contributed by atoms with van der Waals surface area (Å²) in [6.07, 6.45) is 1.61. The fourth-order valence-corrected chi connectivity index (χ4v) is 3.45. The van der Waals surface area contributed by atoms with Gasteiger partial charge in [-0.05, 0) is 36.2 Å². The van der Waals surface area contributed by atoms with Crippen LogP contribution >= 0.6 is 11.6 Å². The molecule has 2 aromatic heterocycles. The van der Waals surface area contributed by atoms with Crippen molar-refractivity contribution in [1.29, 1.82) is 10.5 Å². The second kappa shape index (κ2) is 8.24. The first-order chi connectivity index (χ1) is 13.5. The summed E-state index contributed by atoms with van der Waals surface area (Å²) in [6, 6.07) is 13.0. The van der Waals surface area contributed by atoms with Crippen molar-refractivity contribution in [1.82, 2.24) is 9.55 Å². The lowest BCUT2D eigenvalue weighted by Gasteiger charge is -2.12. The number of aromatic nitrogens is 2. The van der Waals surface area contributed by atoms with Gasteiger partial charge in [-0.3, -0.25) is 0 Å². The third-order valence-electron chi connectivity index (χ3n) is 4.67. The van der Waals surface area contributed by atoms with Crippen LogP contribution in [0.3, 0.4) is 0 Å². The van der Waals surface area contributed by atoms with E-state index in [1.807, 2.05) is 11.5 Å². The SMILES string of the molecule is Cc1c(-c2ccc(C#N)cc2)c(C#N)c(CO)n1Cc1cnc(Cl)c(CO)c1. The fourth-order valence-electron chi connectivity index (χ4n) is 3.28. The van der Waals surface area contributed by atoms with E-state index in [1.54, 1.807) is 36.5 Å². The maximum absolute atomic E-state index is 9.93. The normalized spacial score (nSPS) is 10.5. The summed E-state index contributed by atoms with van der Waals surface area (Å²) in [5, 5.41) is 38.3. The van der Waals surface area contributed by atoms with E-state index >= 15 is 0 Å². The number of halogens is 1. The van der Waals surface area contributed by atoms with Gasteiger partial charge >= 0.3 is 0 Å². The maximum atomic E-state index is 9.93. The summed E-state index contributed by atoms with van der Waals surface area (Å²) in [6.45, 7) is 1.72. The summed E-state index contributed by atoms with van der Waals surface area (Å²) in [7, 11) is 0. The minimum absolute atomic E-state index is 0.225. The van der Waals surface area contributed by atoms with Crippen molar-refractivity contribution in [3.05, 3.63) is 75.3 Å². The number of aliphatic hydroxyl groups is 2. The molecular weight excluding hydrogens is 376 g/mol. The molecule has 2 N–H and O–H groups in total. The van der Waals surface area contributed by atoms with E-state index in [-0.39, 0.29) is 18.4 Å². The van der Waals surface area contributed by atoms with Crippen molar-refractivity contribution in [2.45, 2.75) is 26.7 Å². The monoisotopic (exact) mass is 392 g/mol. The van der Waals surface area contributed by atoms with E-state index in [1.165, 1.54) is 0 Å². The average Bonchev–Trinajstić information content (AvgIpc) is 3.00. The Labute approximate surface area is 167 Å². The van der Waals surface area contributed by atoms with Crippen LogP contribution < -0.4 is 0 Å². The standard InChI is InChI=1S/C21H17ClN4O2/c1-13-20(16-4-2-14(7-23)3-5-16)18(8-24)19(12-28)26(13)10-15-6-17(11-27)21(22)25-9-15/h2-6,9,27-28H,10-12H2,1H3. The van der Waals surface area contributed by atoms with Crippen LogP contribution in [-0.2, 0) is 19.8 Å². The summed E-state index contributed by atoms with van der Waals surface area (Å²) in [4.78, 5) is 4.09. The number of benzene rings is 1. The fraction of sp³-hybridized carbons (Fsp3) is 0.190. The average molecular weight is 393 g/mol. The third kappa shape index (κ3) is 3.49. The van der Waals surface area contributed by atoms with E-state index in [9.17, 15) is 15.5 Å². The van der Waals surface area contributed by atoms with Gasteiger partial charge in [-0.15, -0.1) is 0 Å². The molecule has 0 aliphatic carbocycles. The largest absolute Gasteiger partial charge is 0.392 e. The highest BCUT2D eigenvalue weighted by Crippen LogP contribution is 2.33. The Bertz CT molecular complexity index is 1110. The Morgan fingerprint density at radius 1 is 1.11 bits per heavy atom. The lowest BCUT2D eigenvalue weighted by molar-refractivity contribution is 0.270. The van der Waals surface area contributed by atoms with Crippen LogP contribution in [0.25, 0.3) is 11.1 Å². The maximum Gasteiger partial charge on any atom is 0.134 e. The number of hydrogen-bond donors (Lipinski definition) is 2. The smallest absolute Gasteiger partial charge is 0.134 e. The number of nitrogens with zero attached hydrogens (tertiary/aromatic N) is 4. The third-order valence-corrected chi connectivity index (χ3v) is 5.02.